The number of anilines is 1. The smallest absolute Gasteiger partial charge is 0.275 e. The standard InChI is InChI=1S/C26H26F2N4O2/c1-18-4-14-24(15-5-18)29-26(30-32(33)34)31-16-2-3-21(17-31)25(19-6-10-22(27)11-7-19)20-8-12-23(28)13-9-20/h4-15,21,25H,2-3,16-17H2,1H3,(H,29,30). The van der Waals surface area contributed by atoms with Crippen molar-refractivity contribution in [3.63, 3.8) is 0 Å². The molecular formula is C26H26F2N4O2. The van der Waals surface area contributed by atoms with Crippen LogP contribution in [-0.4, -0.2) is 29.0 Å². The van der Waals surface area contributed by atoms with E-state index in [9.17, 15) is 18.9 Å². The van der Waals surface area contributed by atoms with E-state index in [2.05, 4.69) is 10.4 Å². The van der Waals surface area contributed by atoms with E-state index >= 15 is 0 Å². The number of piperidine rings is 1. The monoisotopic (exact) mass is 464 g/mol. The van der Waals surface area contributed by atoms with Gasteiger partial charge in [0.15, 0.2) is 5.03 Å². The van der Waals surface area contributed by atoms with Crippen LogP contribution in [0.5, 0.6) is 0 Å². The Morgan fingerprint density at radius 2 is 1.56 bits per heavy atom. The van der Waals surface area contributed by atoms with Crippen molar-refractivity contribution in [2.45, 2.75) is 25.7 Å². The number of nitro groups is 1. The maximum absolute atomic E-state index is 13.6. The van der Waals surface area contributed by atoms with Crippen molar-refractivity contribution in [3.05, 3.63) is 111 Å². The van der Waals surface area contributed by atoms with Gasteiger partial charge >= 0.3 is 0 Å². The molecule has 0 saturated carbocycles. The zero-order chi connectivity index (χ0) is 24.1. The minimum Gasteiger partial charge on any atom is -0.337 e. The molecule has 4 rings (SSSR count). The lowest BCUT2D eigenvalue weighted by atomic mass is 9.77. The summed E-state index contributed by atoms with van der Waals surface area (Å²) in [7, 11) is 0. The molecule has 1 heterocycles. The molecule has 34 heavy (non-hydrogen) atoms. The fourth-order valence-corrected chi connectivity index (χ4v) is 4.56. The summed E-state index contributed by atoms with van der Waals surface area (Å²) in [4.78, 5) is 13.2. The molecule has 3 aromatic rings. The third-order valence-electron chi connectivity index (χ3n) is 6.17. The van der Waals surface area contributed by atoms with Crippen molar-refractivity contribution in [2.24, 2.45) is 11.0 Å². The van der Waals surface area contributed by atoms with Crippen molar-refractivity contribution >= 4 is 11.6 Å². The Balaban J connectivity index is 1.64. The molecule has 1 aliphatic heterocycles. The molecule has 1 fully saturated rings. The second-order valence-electron chi connectivity index (χ2n) is 8.58. The van der Waals surface area contributed by atoms with Crippen LogP contribution >= 0.6 is 0 Å². The molecule has 0 spiro atoms. The van der Waals surface area contributed by atoms with Gasteiger partial charge in [-0.3, -0.25) is 0 Å². The summed E-state index contributed by atoms with van der Waals surface area (Å²) in [5, 5.41) is 17.3. The maximum Gasteiger partial charge on any atom is 0.275 e. The first kappa shape index (κ1) is 23.4. The number of nitrogens with zero attached hydrogens (tertiary/aromatic N) is 3. The van der Waals surface area contributed by atoms with E-state index in [0.29, 0.717) is 18.8 Å². The van der Waals surface area contributed by atoms with E-state index in [-0.39, 0.29) is 29.4 Å². The Labute approximate surface area is 197 Å². The van der Waals surface area contributed by atoms with Gasteiger partial charge in [-0.1, -0.05) is 42.0 Å². The lowest BCUT2D eigenvalue weighted by molar-refractivity contribution is -0.485. The van der Waals surface area contributed by atoms with Crippen molar-refractivity contribution in [3.8, 4) is 0 Å². The van der Waals surface area contributed by atoms with Gasteiger partial charge in [-0.05, 0) is 73.2 Å². The number of guanidine groups is 1. The van der Waals surface area contributed by atoms with Crippen molar-refractivity contribution in [2.75, 3.05) is 18.4 Å². The Bertz CT molecular complexity index is 1100. The van der Waals surface area contributed by atoms with Crippen LogP contribution in [0.15, 0.2) is 77.9 Å². The van der Waals surface area contributed by atoms with E-state index in [1.807, 2.05) is 36.1 Å². The van der Waals surface area contributed by atoms with Crippen molar-refractivity contribution < 1.29 is 13.8 Å². The number of hydrogen-bond donors (Lipinski definition) is 1. The van der Waals surface area contributed by atoms with Gasteiger partial charge in [-0.25, -0.2) is 18.9 Å². The average molecular weight is 465 g/mol. The SMILES string of the molecule is Cc1ccc(NC(=N[N+](=O)[O-])N2CCCC(C(c3ccc(F)cc3)c3ccc(F)cc3)C2)cc1. The first-order valence-electron chi connectivity index (χ1n) is 11.2. The predicted octanol–water partition coefficient (Wildman–Crippen LogP) is 5.78. The molecule has 3 aromatic carbocycles. The van der Waals surface area contributed by atoms with Crippen LogP contribution < -0.4 is 5.32 Å². The van der Waals surface area contributed by atoms with Crippen LogP contribution in [0.4, 0.5) is 14.5 Å². The van der Waals surface area contributed by atoms with Gasteiger partial charge in [-0.2, -0.15) is 0 Å². The van der Waals surface area contributed by atoms with Gasteiger partial charge in [0.1, 0.15) is 16.7 Å². The molecule has 176 valence electrons. The largest absolute Gasteiger partial charge is 0.337 e. The quantitative estimate of drug-likeness (QED) is 0.225. The highest BCUT2D eigenvalue weighted by Crippen LogP contribution is 2.37. The number of hydrazone groups is 1. The van der Waals surface area contributed by atoms with Gasteiger partial charge in [-0.15, -0.1) is 0 Å². The summed E-state index contributed by atoms with van der Waals surface area (Å²) < 4.78 is 27.2. The number of aryl methyl sites for hydroxylation is 1. The molecule has 1 unspecified atom stereocenters. The number of benzene rings is 3. The minimum absolute atomic E-state index is 0.0569. The number of likely N-dealkylation sites (tertiary alicyclic amines) is 1. The molecule has 1 aliphatic rings. The molecular weight excluding hydrogens is 438 g/mol. The van der Waals surface area contributed by atoms with E-state index < -0.39 is 5.03 Å². The number of hydrogen-bond acceptors (Lipinski definition) is 2. The average Bonchev–Trinajstić information content (AvgIpc) is 2.83. The summed E-state index contributed by atoms with van der Waals surface area (Å²) in [5.41, 5.74) is 3.62. The van der Waals surface area contributed by atoms with Gasteiger partial charge in [0.25, 0.3) is 5.96 Å². The molecule has 0 aliphatic carbocycles. The Kier molecular flexibility index (Phi) is 7.15. The van der Waals surface area contributed by atoms with Crippen molar-refractivity contribution in [1.82, 2.24) is 4.90 Å². The molecule has 6 nitrogen and oxygen atoms in total. The molecule has 1 saturated heterocycles. The Morgan fingerprint density at radius 1 is 1.00 bits per heavy atom. The predicted molar refractivity (Wildman–Crippen MR) is 128 cm³/mol. The zero-order valence-electron chi connectivity index (χ0n) is 18.8. The van der Waals surface area contributed by atoms with E-state index in [1.165, 1.54) is 24.3 Å². The summed E-state index contributed by atoms with van der Waals surface area (Å²) in [6.07, 6.45) is 1.67. The Hall–Kier alpha value is -3.81. The van der Waals surface area contributed by atoms with Crippen LogP contribution in [0.25, 0.3) is 0 Å². The van der Waals surface area contributed by atoms with Gasteiger partial charge < -0.3 is 10.2 Å². The fourth-order valence-electron chi connectivity index (χ4n) is 4.56. The van der Waals surface area contributed by atoms with Crippen LogP contribution in [-0.2, 0) is 0 Å². The fraction of sp³-hybridized carbons (Fsp3) is 0.269. The highest BCUT2D eigenvalue weighted by atomic mass is 19.1. The third-order valence-corrected chi connectivity index (χ3v) is 6.17. The van der Waals surface area contributed by atoms with Gasteiger partial charge in [0.05, 0.1) is 0 Å². The number of halogens is 2. The summed E-state index contributed by atoms with van der Waals surface area (Å²) in [5.74, 6) is -0.540. The minimum atomic E-state index is -0.697. The molecule has 0 radical (unpaired) electrons. The summed E-state index contributed by atoms with van der Waals surface area (Å²) in [6.45, 7) is 3.09. The highest BCUT2D eigenvalue weighted by molar-refractivity contribution is 5.93. The van der Waals surface area contributed by atoms with E-state index in [1.54, 1.807) is 24.3 Å². The molecule has 0 bridgehead atoms. The second-order valence-corrected chi connectivity index (χ2v) is 8.58. The summed E-state index contributed by atoms with van der Waals surface area (Å²) >= 11 is 0. The normalized spacial score (nSPS) is 16.5. The topological polar surface area (TPSA) is 70.8 Å². The molecule has 8 heteroatoms. The highest BCUT2D eigenvalue weighted by Gasteiger charge is 2.32. The first-order chi connectivity index (χ1) is 16.4. The lowest BCUT2D eigenvalue weighted by Gasteiger charge is -2.38. The first-order valence-corrected chi connectivity index (χ1v) is 11.2. The number of nitrogens with one attached hydrogen (secondary N) is 1. The molecule has 0 aromatic heterocycles. The van der Waals surface area contributed by atoms with Crippen LogP contribution in [0.3, 0.4) is 0 Å². The van der Waals surface area contributed by atoms with Crippen LogP contribution in [0.2, 0.25) is 0 Å². The lowest BCUT2D eigenvalue weighted by Crippen LogP contribution is -2.45. The third kappa shape index (κ3) is 5.75. The van der Waals surface area contributed by atoms with Crippen molar-refractivity contribution in [1.29, 1.82) is 0 Å². The van der Waals surface area contributed by atoms with Gasteiger partial charge in [0.2, 0.25) is 0 Å². The van der Waals surface area contributed by atoms with E-state index in [4.69, 9.17) is 0 Å². The number of rotatable bonds is 5. The molecule has 0 amide bonds. The van der Waals surface area contributed by atoms with Crippen LogP contribution in [0, 0.1) is 34.6 Å². The zero-order valence-corrected chi connectivity index (χ0v) is 18.8. The molecule has 1 N–H and O–H groups in total. The Morgan fingerprint density at radius 3 is 2.09 bits per heavy atom. The van der Waals surface area contributed by atoms with Gasteiger partial charge in [0, 0.05) is 24.7 Å². The summed E-state index contributed by atoms with van der Waals surface area (Å²) in [6, 6.07) is 20.2. The van der Waals surface area contributed by atoms with Crippen LogP contribution in [0.1, 0.15) is 35.4 Å². The second kappa shape index (κ2) is 10.4. The molecule has 1 atom stereocenters. The van der Waals surface area contributed by atoms with E-state index in [0.717, 1.165) is 29.5 Å². The maximum atomic E-state index is 13.6.